The minimum Gasteiger partial charge on any atom is -0.384 e. The van der Waals surface area contributed by atoms with Crippen LogP contribution in [0.4, 0.5) is 0 Å². The Morgan fingerprint density at radius 1 is 1.33 bits per heavy atom. The van der Waals surface area contributed by atoms with Gasteiger partial charge in [0.15, 0.2) is 0 Å². The summed E-state index contributed by atoms with van der Waals surface area (Å²) < 4.78 is 4.83. The molecule has 3 nitrogen and oxygen atoms in total. The molecule has 0 aliphatic carbocycles. The van der Waals surface area contributed by atoms with Crippen LogP contribution in [-0.2, 0) is 9.53 Å². The van der Waals surface area contributed by atoms with Gasteiger partial charge in [-0.15, -0.1) is 0 Å². The van der Waals surface area contributed by atoms with E-state index in [1.54, 1.807) is 7.11 Å². The molecular formula is C12H21NO2. The zero-order valence-corrected chi connectivity index (χ0v) is 10.1. The smallest absolute Gasteiger partial charge is 0.226 e. The maximum absolute atomic E-state index is 11.4. The van der Waals surface area contributed by atoms with E-state index in [4.69, 9.17) is 4.74 Å². The van der Waals surface area contributed by atoms with E-state index in [1.807, 2.05) is 32.9 Å². The van der Waals surface area contributed by atoms with Gasteiger partial charge in [0.2, 0.25) is 5.91 Å². The van der Waals surface area contributed by atoms with Crippen molar-refractivity contribution in [3.8, 4) is 0 Å². The van der Waals surface area contributed by atoms with Gasteiger partial charge in [-0.3, -0.25) is 4.79 Å². The second-order valence-corrected chi connectivity index (χ2v) is 3.58. The minimum atomic E-state index is 0.00658. The molecular weight excluding hydrogens is 190 g/mol. The number of hydrogen-bond acceptors (Lipinski definition) is 2. The van der Waals surface area contributed by atoms with Crippen molar-refractivity contribution in [1.82, 2.24) is 5.32 Å². The second kappa shape index (κ2) is 8.24. The lowest BCUT2D eigenvalue weighted by Gasteiger charge is -2.06. The summed E-state index contributed by atoms with van der Waals surface area (Å²) >= 11 is 0. The first kappa shape index (κ1) is 13.9. The van der Waals surface area contributed by atoms with Crippen molar-refractivity contribution in [3.63, 3.8) is 0 Å². The van der Waals surface area contributed by atoms with Crippen LogP contribution in [0.5, 0.6) is 0 Å². The third kappa shape index (κ3) is 7.94. The van der Waals surface area contributed by atoms with Crippen LogP contribution in [0.25, 0.3) is 0 Å². The molecule has 0 fully saturated rings. The monoisotopic (exact) mass is 211 g/mol. The average Bonchev–Trinajstić information content (AvgIpc) is 2.20. The summed E-state index contributed by atoms with van der Waals surface area (Å²) in [5.41, 5.74) is 2.16. The van der Waals surface area contributed by atoms with Crippen molar-refractivity contribution in [2.45, 2.75) is 33.6 Å². The van der Waals surface area contributed by atoms with Gasteiger partial charge in [0.1, 0.15) is 0 Å². The summed E-state index contributed by atoms with van der Waals surface area (Å²) in [4.78, 5) is 11.4. The normalized spacial score (nSPS) is 11.1. The Kier molecular flexibility index (Phi) is 7.64. The van der Waals surface area contributed by atoms with Gasteiger partial charge in [-0.2, -0.15) is 0 Å². The summed E-state index contributed by atoms with van der Waals surface area (Å²) in [7, 11) is 1.59. The molecule has 15 heavy (non-hydrogen) atoms. The molecule has 0 unspecified atom stereocenters. The van der Waals surface area contributed by atoms with Crippen LogP contribution >= 0.6 is 0 Å². The Balaban J connectivity index is 4.15. The highest BCUT2D eigenvalue weighted by Gasteiger charge is 2.01. The molecule has 0 saturated carbocycles. The maximum atomic E-state index is 11.4. The van der Waals surface area contributed by atoms with Crippen molar-refractivity contribution >= 4 is 5.91 Å². The van der Waals surface area contributed by atoms with Gasteiger partial charge in [-0.05, 0) is 26.3 Å². The molecule has 0 aromatic carbocycles. The van der Waals surface area contributed by atoms with Crippen LogP contribution in [-0.4, -0.2) is 19.6 Å². The van der Waals surface area contributed by atoms with E-state index in [9.17, 15) is 4.79 Å². The predicted molar refractivity (Wildman–Crippen MR) is 62.4 cm³/mol. The lowest BCUT2D eigenvalue weighted by atomic mass is 10.2. The number of allylic oxidation sites excluding steroid dienone is 4. The fraction of sp³-hybridized carbons (Fsp3) is 0.583. The van der Waals surface area contributed by atoms with E-state index in [2.05, 4.69) is 5.32 Å². The third-order valence-electron chi connectivity index (χ3n) is 1.83. The molecule has 0 aromatic heterocycles. The van der Waals surface area contributed by atoms with Crippen molar-refractivity contribution < 1.29 is 9.53 Å². The number of rotatable bonds is 6. The molecule has 0 rings (SSSR count). The van der Waals surface area contributed by atoms with Crippen molar-refractivity contribution in [1.29, 1.82) is 0 Å². The summed E-state index contributed by atoms with van der Waals surface area (Å²) in [6.45, 7) is 6.53. The molecule has 3 heteroatoms. The van der Waals surface area contributed by atoms with Crippen LogP contribution in [0.1, 0.15) is 33.6 Å². The average molecular weight is 211 g/mol. The molecule has 0 saturated heterocycles. The largest absolute Gasteiger partial charge is 0.384 e. The first-order valence-electron chi connectivity index (χ1n) is 5.23. The maximum Gasteiger partial charge on any atom is 0.226 e. The summed E-state index contributed by atoms with van der Waals surface area (Å²) in [5, 5.41) is 2.85. The van der Waals surface area contributed by atoms with Crippen molar-refractivity contribution in [2.24, 2.45) is 0 Å². The van der Waals surface area contributed by atoms with Gasteiger partial charge in [0, 0.05) is 12.8 Å². The number of carbonyl (C=O) groups is 1. The van der Waals surface area contributed by atoms with Crippen molar-refractivity contribution in [3.05, 3.63) is 23.4 Å². The van der Waals surface area contributed by atoms with Gasteiger partial charge in [-0.25, -0.2) is 0 Å². The highest BCUT2D eigenvalue weighted by molar-refractivity contribution is 5.77. The van der Waals surface area contributed by atoms with Gasteiger partial charge in [0.05, 0.1) is 13.0 Å². The Bertz CT molecular complexity index is 250. The van der Waals surface area contributed by atoms with Crippen LogP contribution in [0.15, 0.2) is 23.4 Å². The molecule has 1 N–H and O–H groups in total. The number of hydrogen-bond donors (Lipinski definition) is 1. The highest BCUT2D eigenvalue weighted by Crippen LogP contribution is 1.99. The van der Waals surface area contributed by atoms with Crippen LogP contribution < -0.4 is 5.32 Å². The first-order valence-corrected chi connectivity index (χ1v) is 5.23. The number of methoxy groups -OCH3 is 1. The molecule has 0 aliphatic heterocycles. The summed E-state index contributed by atoms with van der Waals surface area (Å²) in [6, 6.07) is 0. The minimum absolute atomic E-state index is 0.00658. The van der Waals surface area contributed by atoms with E-state index < -0.39 is 0 Å². The number of carbonyl (C=O) groups excluding carboxylic acids is 1. The Morgan fingerprint density at radius 2 is 2.00 bits per heavy atom. The summed E-state index contributed by atoms with van der Waals surface area (Å²) in [5.74, 6) is 0.00658. The number of nitrogens with one attached hydrogen (secondary N) is 1. The Morgan fingerprint density at radius 3 is 2.47 bits per heavy atom. The lowest BCUT2D eigenvalue weighted by molar-refractivity contribution is -0.121. The van der Waals surface area contributed by atoms with E-state index in [-0.39, 0.29) is 5.91 Å². The molecule has 0 aliphatic rings. The standard InChI is InChI=1S/C12H21NO2/c1-5-11(7-6-10(2)3)13-12(14)8-9-15-4/h6-7H,5,8-9H2,1-4H3,(H,13,14)/b11-7+. The van der Waals surface area contributed by atoms with Crippen LogP contribution in [0.3, 0.4) is 0 Å². The Hall–Kier alpha value is -1.09. The zero-order valence-electron chi connectivity index (χ0n) is 10.1. The SMILES string of the molecule is CC/C(=C\C=C(C)C)NC(=O)CCOC. The van der Waals surface area contributed by atoms with E-state index in [1.165, 1.54) is 5.57 Å². The van der Waals surface area contributed by atoms with Crippen molar-refractivity contribution in [2.75, 3.05) is 13.7 Å². The fourth-order valence-corrected chi connectivity index (χ4v) is 0.952. The molecule has 0 heterocycles. The zero-order chi connectivity index (χ0) is 11.7. The molecule has 0 atom stereocenters. The molecule has 0 bridgehead atoms. The van der Waals surface area contributed by atoms with Gasteiger partial charge in [0.25, 0.3) is 0 Å². The van der Waals surface area contributed by atoms with E-state index in [0.717, 1.165) is 12.1 Å². The second-order valence-electron chi connectivity index (χ2n) is 3.58. The van der Waals surface area contributed by atoms with Crippen LogP contribution in [0.2, 0.25) is 0 Å². The predicted octanol–water partition coefficient (Wildman–Crippen LogP) is 2.40. The van der Waals surface area contributed by atoms with E-state index in [0.29, 0.717) is 13.0 Å². The molecule has 0 spiro atoms. The first-order chi connectivity index (χ1) is 7.10. The molecule has 0 aromatic rings. The van der Waals surface area contributed by atoms with Gasteiger partial charge >= 0.3 is 0 Å². The quantitative estimate of drug-likeness (QED) is 0.685. The third-order valence-corrected chi connectivity index (χ3v) is 1.83. The Labute approximate surface area is 92.2 Å². The topological polar surface area (TPSA) is 38.3 Å². The van der Waals surface area contributed by atoms with Crippen LogP contribution in [0, 0.1) is 0 Å². The van der Waals surface area contributed by atoms with Gasteiger partial charge < -0.3 is 10.1 Å². The molecule has 0 radical (unpaired) electrons. The van der Waals surface area contributed by atoms with Gasteiger partial charge in [-0.1, -0.05) is 18.6 Å². The molecule has 86 valence electrons. The number of amides is 1. The fourth-order valence-electron chi connectivity index (χ4n) is 0.952. The van der Waals surface area contributed by atoms with E-state index >= 15 is 0 Å². The number of ether oxygens (including phenoxy) is 1. The lowest BCUT2D eigenvalue weighted by Crippen LogP contribution is -2.23. The molecule has 1 amide bonds. The summed E-state index contributed by atoms with van der Waals surface area (Å²) in [6.07, 6.45) is 5.17. The highest BCUT2D eigenvalue weighted by atomic mass is 16.5.